The van der Waals surface area contributed by atoms with Gasteiger partial charge < -0.3 is 9.88 Å². The van der Waals surface area contributed by atoms with Crippen LogP contribution in [0.15, 0.2) is 58.2 Å². The molecule has 7 heteroatoms. The van der Waals surface area contributed by atoms with Gasteiger partial charge in [-0.1, -0.05) is 23.7 Å². The van der Waals surface area contributed by atoms with Gasteiger partial charge in [0.2, 0.25) is 5.91 Å². The lowest BCUT2D eigenvalue weighted by Crippen LogP contribution is -2.38. The molecule has 0 saturated carbocycles. The summed E-state index contributed by atoms with van der Waals surface area (Å²) in [5, 5.41) is 1.21. The van der Waals surface area contributed by atoms with Crippen molar-refractivity contribution in [3.63, 3.8) is 0 Å². The second-order valence-corrected chi connectivity index (χ2v) is 7.87. The van der Waals surface area contributed by atoms with E-state index in [2.05, 4.69) is 9.97 Å². The molecule has 27 heavy (non-hydrogen) atoms. The maximum atomic E-state index is 12.7. The fourth-order valence-corrected chi connectivity index (χ4v) is 3.60. The number of carbonyl (C=O) groups excluding carboxylic acids is 1. The first-order chi connectivity index (χ1) is 12.9. The van der Waals surface area contributed by atoms with Gasteiger partial charge in [0.1, 0.15) is 5.82 Å². The van der Waals surface area contributed by atoms with Crippen LogP contribution in [-0.2, 0) is 11.3 Å². The first-order valence-corrected chi connectivity index (χ1v) is 9.96. The predicted octanol–water partition coefficient (Wildman–Crippen LogP) is 4.11. The van der Waals surface area contributed by atoms with E-state index in [-0.39, 0.29) is 24.1 Å². The minimum Gasteiger partial charge on any atom is -0.332 e. The summed E-state index contributed by atoms with van der Waals surface area (Å²) in [4.78, 5) is 35.0. The number of para-hydroxylation sites is 1. The average Bonchev–Trinajstić information content (AvgIpc) is 2.65. The molecular formula is C20H20ClN3O2S. The molecule has 0 saturated heterocycles. The van der Waals surface area contributed by atoms with Gasteiger partial charge in [0.05, 0.1) is 23.2 Å². The Labute approximate surface area is 166 Å². The zero-order valence-corrected chi connectivity index (χ0v) is 16.7. The Balaban J connectivity index is 1.74. The van der Waals surface area contributed by atoms with Gasteiger partial charge in [0.25, 0.3) is 5.56 Å². The van der Waals surface area contributed by atoms with E-state index in [0.29, 0.717) is 27.5 Å². The molecular weight excluding hydrogens is 382 g/mol. The third-order valence-electron chi connectivity index (χ3n) is 4.10. The Kier molecular flexibility index (Phi) is 6.19. The van der Waals surface area contributed by atoms with Crippen molar-refractivity contribution >= 4 is 40.2 Å². The van der Waals surface area contributed by atoms with Gasteiger partial charge >= 0.3 is 0 Å². The fourth-order valence-electron chi connectivity index (χ4n) is 2.69. The second-order valence-electron chi connectivity index (χ2n) is 6.39. The number of hydrogen-bond donors (Lipinski definition) is 1. The molecule has 0 aliphatic rings. The van der Waals surface area contributed by atoms with Crippen molar-refractivity contribution in [1.29, 1.82) is 0 Å². The number of thioether (sulfide) groups is 1. The summed E-state index contributed by atoms with van der Waals surface area (Å²) in [5.74, 6) is 0.774. The number of rotatable bonds is 6. The number of halogens is 1. The molecule has 0 aliphatic heterocycles. The number of nitrogens with zero attached hydrogens (tertiary/aromatic N) is 2. The van der Waals surface area contributed by atoms with Gasteiger partial charge in [0.15, 0.2) is 0 Å². The maximum absolute atomic E-state index is 12.7. The summed E-state index contributed by atoms with van der Waals surface area (Å²) < 4.78 is 0. The monoisotopic (exact) mass is 401 g/mol. The van der Waals surface area contributed by atoms with Crippen LogP contribution in [0.5, 0.6) is 0 Å². The summed E-state index contributed by atoms with van der Waals surface area (Å²) in [5.41, 5.74) is 0.435. The molecule has 0 aliphatic carbocycles. The maximum Gasteiger partial charge on any atom is 0.258 e. The topological polar surface area (TPSA) is 66.1 Å². The van der Waals surface area contributed by atoms with Crippen molar-refractivity contribution in [1.82, 2.24) is 14.9 Å². The van der Waals surface area contributed by atoms with E-state index in [1.807, 2.05) is 32.0 Å². The van der Waals surface area contributed by atoms with Gasteiger partial charge in [-0.2, -0.15) is 0 Å². The molecule has 5 nitrogen and oxygen atoms in total. The fraction of sp³-hybridized carbons (Fsp3) is 0.250. The molecule has 2 aromatic carbocycles. The molecule has 0 fully saturated rings. The van der Waals surface area contributed by atoms with Crippen LogP contribution in [0.25, 0.3) is 10.9 Å². The Morgan fingerprint density at radius 1 is 1.19 bits per heavy atom. The van der Waals surface area contributed by atoms with E-state index in [9.17, 15) is 9.59 Å². The van der Waals surface area contributed by atoms with Crippen LogP contribution in [0.4, 0.5) is 0 Å². The number of amides is 1. The molecule has 1 N–H and O–H groups in total. The first kappa shape index (κ1) is 19.5. The number of aromatic nitrogens is 2. The lowest BCUT2D eigenvalue weighted by atomic mass is 10.2. The van der Waals surface area contributed by atoms with Crippen LogP contribution in [-0.4, -0.2) is 32.6 Å². The summed E-state index contributed by atoms with van der Waals surface area (Å²) in [6.45, 7) is 4.16. The molecule has 1 heterocycles. The van der Waals surface area contributed by atoms with Gasteiger partial charge in [-0.05, 0) is 50.2 Å². The second kappa shape index (κ2) is 8.59. The van der Waals surface area contributed by atoms with E-state index in [0.717, 1.165) is 4.90 Å². The Hall–Kier alpha value is -2.31. The van der Waals surface area contributed by atoms with Gasteiger partial charge in [-0.15, -0.1) is 11.8 Å². The molecule has 0 spiro atoms. The summed E-state index contributed by atoms with van der Waals surface area (Å²) in [6.07, 6.45) is 0. The minimum absolute atomic E-state index is 0.0132. The minimum atomic E-state index is -0.192. The summed E-state index contributed by atoms with van der Waals surface area (Å²) in [7, 11) is 0. The Morgan fingerprint density at radius 2 is 1.89 bits per heavy atom. The van der Waals surface area contributed by atoms with Crippen LogP contribution in [0.2, 0.25) is 5.02 Å². The van der Waals surface area contributed by atoms with Crippen LogP contribution in [0.1, 0.15) is 19.7 Å². The molecule has 1 amide bonds. The van der Waals surface area contributed by atoms with Crippen molar-refractivity contribution < 1.29 is 4.79 Å². The first-order valence-electron chi connectivity index (χ1n) is 8.60. The molecule has 0 atom stereocenters. The molecule has 3 aromatic rings. The van der Waals surface area contributed by atoms with Crippen LogP contribution < -0.4 is 5.56 Å². The Morgan fingerprint density at radius 3 is 2.59 bits per heavy atom. The molecule has 0 radical (unpaired) electrons. The quantitative estimate of drug-likeness (QED) is 0.631. The van der Waals surface area contributed by atoms with Crippen molar-refractivity contribution in [2.24, 2.45) is 0 Å². The standard InChI is InChI=1S/C20H20ClN3O2S/c1-13(2)24(19(25)12-27-15-9-7-14(21)8-10-15)11-18-22-17-6-4-3-5-16(17)20(26)23-18/h3-10,13H,11-12H2,1-2H3,(H,22,23,26). The number of carbonyl (C=O) groups is 1. The number of nitrogens with one attached hydrogen (secondary N) is 1. The largest absolute Gasteiger partial charge is 0.332 e. The van der Waals surface area contributed by atoms with Gasteiger partial charge in [-0.3, -0.25) is 9.59 Å². The number of benzene rings is 2. The van der Waals surface area contributed by atoms with E-state index in [1.165, 1.54) is 11.8 Å². The van der Waals surface area contributed by atoms with E-state index < -0.39 is 0 Å². The SMILES string of the molecule is CC(C)N(Cc1nc2ccccc2c(=O)[nH]1)C(=O)CSc1ccc(Cl)cc1. The number of hydrogen-bond acceptors (Lipinski definition) is 4. The number of fused-ring (bicyclic) bond motifs is 1. The van der Waals surface area contributed by atoms with Crippen LogP contribution >= 0.6 is 23.4 Å². The van der Waals surface area contributed by atoms with Crippen molar-refractivity contribution in [3.05, 3.63) is 69.7 Å². The van der Waals surface area contributed by atoms with Crippen molar-refractivity contribution in [2.75, 3.05) is 5.75 Å². The van der Waals surface area contributed by atoms with Crippen LogP contribution in [0, 0.1) is 0 Å². The number of aromatic amines is 1. The lowest BCUT2D eigenvalue weighted by molar-refractivity contribution is -0.130. The molecule has 0 bridgehead atoms. The van der Waals surface area contributed by atoms with Gasteiger partial charge in [0, 0.05) is 16.0 Å². The molecule has 1 aromatic heterocycles. The average molecular weight is 402 g/mol. The third kappa shape index (κ3) is 4.90. The highest BCUT2D eigenvalue weighted by molar-refractivity contribution is 8.00. The smallest absolute Gasteiger partial charge is 0.258 e. The number of H-pyrrole nitrogens is 1. The normalized spacial score (nSPS) is 11.1. The highest BCUT2D eigenvalue weighted by Gasteiger charge is 2.19. The highest BCUT2D eigenvalue weighted by atomic mass is 35.5. The van der Waals surface area contributed by atoms with Crippen molar-refractivity contribution in [2.45, 2.75) is 31.3 Å². The van der Waals surface area contributed by atoms with Crippen molar-refractivity contribution in [3.8, 4) is 0 Å². The predicted molar refractivity (Wildman–Crippen MR) is 110 cm³/mol. The summed E-state index contributed by atoms with van der Waals surface area (Å²) >= 11 is 7.35. The van der Waals surface area contributed by atoms with Gasteiger partial charge in [-0.25, -0.2) is 4.98 Å². The van der Waals surface area contributed by atoms with E-state index >= 15 is 0 Å². The molecule has 0 unspecified atom stereocenters. The third-order valence-corrected chi connectivity index (χ3v) is 5.35. The zero-order valence-electron chi connectivity index (χ0n) is 15.1. The van der Waals surface area contributed by atoms with E-state index in [1.54, 1.807) is 35.2 Å². The lowest BCUT2D eigenvalue weighted by Gasteiger charge is -2.26. The van der Waals surface area contributed by atoms with Crippen LogP contribution in [0.3, 0.4) is 0 Å². The Bertz CT molecular complexity index is 1000. The molecule has 140 valence electrons. The molecule has 3 rings (SSSR count). The zero-order chi connectivity index (χ0) is 19.4. The van der Waals surface area contributed by atoms with E-state index in [4.69, 9.17) is 11.6 Å². The highest BCUT2D eigenvalue weighted by Crippen LogP contribution is 2.21. The summed E-state index contributed by atoms with van der Waals surface area (Å²) in [6, 6.07) is 14.6.